The minimum Gasteiger partial charge on any atom is -0.345 e. The van der Waals surface area contributed by atoms with Crippen molar-refractivity contribution in [1.82, 2.24) is 4.90 Å². The summed E-state index contributed by atoms with van der Waals surface area (Å²) < 4.78 is 0. The molecule has 5 heteroatoms. The molecule has 1 aromatic rings. The maximum absolute atomic E-state index is 12.0. The van der Waals surface area contributed by atoms with Crippen molar-refractivity contribution in [2.24, 2.45) is 5.73 Å². The number of amides is 2. The number of carbonyl (C=O) groups is 2. The predicted molar refractivity (Wildman–Crippen MR) is 76.0 cm³/mol. The molecule has 19 heavy (non-hydrogen) atoms. The molecular weight excluding hydrogens is 242 g/mol. The summed E-state index contributed by atoms with van der Waals surface area (Å²) >= 11 is 0. The first-order valence-electron chi connectivity index (χ1n) is 6.20. The van der Waals surface area contributed by atoms with Gasteiger partial charge in [-0.3, -0.25) is 9.59 Å². The molecular formula is C14H21N3O2. The molecule has 0 fully saturated rings. The van der Waals surface area contributed by atoms with Gasteiger partial charge in [0.1, 0.15) is 0 Å². The Morgan fingerprint density at radius 2 is 1.89 bits per heavy atom. The van der Waals surface area contributed by atoms with Gasteiger partial charge in [0.2, 0.25) is 5.91 Å². The summed E-state index contributed by atoms with van der Waals surface area (Å²) in [6, 6.07) is 6.90. The van der Waals surface area contributed by atoms with E-state index in [1.807, 2.05) is 6.92 Å². The Morgan fingerprint density at radius 3 is 2.42 bits per heavy atom. The maximum Gasteiger partial charge on any atom is 0.255 e. The van der Waals surface area contributed by atoms with E-state index in [1.54, 1.807) is 45.3 Å². The molecule has 1 aromatic carbocycles. The molecule has 0 aliphatic rings. The van der Waals surface area contributed by atoms with Gasteiger partial charge in [-0.15, -0.1) is 0 Å². The zero-order valence-corrected chi connectivity index (χ0v) is 11.9. The minimum atomic E-state index is -0.950. The Bertz CT molecular complexity index is 481. The zero-order valence-electron chi connectivity index (χ0n) is 11.9. The molecule has 0 aliphatic carbocycles. The largest absolute Gasteiger partial charge is 0.345 e. The summed E-state index contributed by atoms with van der Waals surface area (Å²) in [7, 11) is 3.33. The van der Waals surface area contributed by atoms with Gasteiger partial charge in [-0.05, 0) is 25.5 Å². The quantitative estimate of drug-likeness (QED) is 0.863. The Labute approximate surface area is 113 Å². The Balaban J connectivity index is 3.03. The van der Waals surface area contributed by atoms with E-state index in [1.165, 1.54) is 4.90 Å². The van der Waals surface area contributed by atoms with E-state index in [2.05, 4.69) is 5.32 Å². The van der Waals surface area contributed by atoms with Gasteiger partial charge in [-0.25, -0.2) is 0 Å². The highest BCUT2D eigenvalue weighted by Crippen LogP contribution is 2.18. The van der Waals surface area contributed by atoms with Crippen molar-refractivity contribution in [3.8, 4) is 0 Å². The van der Waals surface area contributed by atoms with Crippen LogP contribution in [-0.4, -0.2) is 36.3 Å². The number of carbonyl (C=O) groups excluding carboxylic acids is 2. The molecule has 1 atom stereocenters. The third-order valence-electron chi connectivity index (χ3n) is 3.07. The molecule has 5 nitrogen and oxygen atoms in total. The van der Waals surface area contributed by atoms with Crippen molar-refractivity contribution in [2.75, 3.05) is 19.4 Å². The second-order valence-corrected chi connectivity index (χ2v) is 4.97. The van der Waals surface area contributed by atoms with Crippen LogP contribution in [0, 0.1) is 0 Å². The van der Waals surface area contributed by atoms with E-state index in [-0.39, 0.29) is 11.8 Å². The first kappa shape index (κ1) is 15.2. The highest BCUT2D eigenvalue weighted by molar-refractivity contribution is 6.05. The highest BCUT2D eigenvalue weighted by atomic mass is 16.2. The number of hydrogen-bond donors (Lipinski definition) is 2. The topological polar surface area (TPSA) is 75.4 Å². The van der Waals surface area contributed by atoms with Crippen LogP contribution in [0.4, 0.5) is 5.69 Å². The number of benzene rings is 1. The summed E-state index contributed by atoms with van der Waals surface area (Å²) in [5.74, 6) is -0.458. The van der Waals surface area contributed by atoms with E-state index in [4.69, 9.17) is 5.73 Å². The number of rotatable bonds is 4. The number of anilines is 1. The smallest absolute Gasteiger partial charge is 0.255 e. The average Bonchev–Trinajstić information content (AvgIpc) is 2.38. The van der Waals surface area contributed by atoms with Gasteiger partial charge in [0, 0.05) is 14.1 Å². The Kier molecular flexibility index (Phi) is 4.67. The molecule has 0 spiro atoms. The van der Waals surface area contributed by atoms with Crippen LogP contribution in [0.5, 0.6) is 0 Å². The van der Waals surface area contributed by atoms with E-state index in [9.17, 15) is 9.59 Å². The standard InChI is InChI=1S/C14H21N3O2/c1-5-14(2,15)13(19)16-11-9-7-6-8-10(11)12(18)17(3)4/h6-9H,5,15H2,1-4H3,(H,16,19). The van der Waals surface area contributed by atoms with Crippen LogP contribution >= 0.6 is 0 Å². The van der Waals surface area contributed by atoms with Gasteiger partial charge in [-0.1, -0.05) is 19.1 Å². The lowest BCUT2D eigenvalue weighted by Crippen LogP contribution is -2.48. The van der Waals surface area contributed by atoms with Crippen molar-refractivity contribution < 1.29 is 9.59 Å². The first-order chi connectivity index (χ1) is 8.79. The molecule has 1 rings (SSSR count). The average molecular weight is 263 g/mol. The lowest BCUT2D eigenvalue weighted by molar-refractivity contribution is -0.120. The van der Waals surface area contributed by atoms with Gasteiger partial charge in [0.15, 0.2) is 0 Å². The summed E-state index contributed by atoms with van der Waals surface area (Å²) in [6.07, 6.45) is 0.516. The lowest BCUT2D eigenvalue weighted by Gasteiger charge is -2.22. The summed E-state index contributed by atoms with van der Waals surface area (Å²) in [5, 5.41) is 2.73. The van der Waals surface area contributed by atoms with E-state index >= 15 is 0 Å². The maximum atomic E-state index is 12.0. The number of nitrogens with two attached hydrogens (primary N) is 1. The predicted octanol–water partition coefficient (Wildman–Crippen LogP) is 1.45. The van der Waals surface area contributed by atoms with Crippen LogP contribution in [0.15, 0.2) is 24.3 Å². The lowest BCUT2D eigenvalue weighted by atomic mass is 9.99. The fourth-order valence-electron chi connectivity index (χ4n) is 1.45. The third-order valence-corrected chi connectivity index (χ3v) is 3.07. The Hall–Kier alpha value is -1.88. The molecule has 0 aliphatic heterocycles. The third kappa shape index (κ3) is 3.54. The second-order valence-electron chi connectivity index (χ2n) is 4.97. The molecule has 0 bridgehead atoms. The number of para-hydroxylation sites is 1. The van der Waals surface area contributed by atoms with Gasteiger partial charge in [0.25, 0.3) is 5.91 Å². The van der Waals surface area contributed by atoms with Gasteiger partial charge >= 0.3 is 0 Å². The van der Waals surface area contributed by atoms with Crippen molar-refractivity contribution >= 4 is 17.5 Å². The van der Waals surface area contributed by atoms with Gasteiger partial charge < -0.3 is 16.0 Å². The van der Waals surface area contributed by atoms with Gasteiger partial charge in [-0.2, -0.15) is 0 Å². The number of hydrogen-bond acceptors (Lipinski definition) is 3. The molecule has 0 saturated heterocycles. The zero-order chi connectivity index (χ0) is 14.6. The van der Waals surface area contributed by atoms with Crippen LogP contribution < -0.4 is 11.1 Å². The highest BCUT2D eigenvalue weighted by Gasteiger charge is 2.27. The molecule has 1 unspecified atom stereocenters. The number of nitrogens with zero attached hydrogens (tertiary/aromatic N) is 1. The molecule has 3 N–H and O–H groups in total. The summed E-state index contributed by atoms with van der Waals surface area (Å²) in [6.45, 7) is 3.51. The fourth-order valence-corrected chi connectivity index (χ4v) is 1.45. The number of nitrogens with one attached hydrogen (secondary N) is 1. The summed E-state index contributed by atoms with van der Waals surface area (Å²) in [4.78, 5) is 25.5. The van der Waals surface area contributed by atoms with Crippen molar-refractivity contribution in [1.29, 1.82) is 0 Å². The van der Waals surface area contributed by atoms with E-state index < -0.39 is 5.54 Å². The molecule has 0 saturated carbocycles. The first-order valence-corrected chi connectivity index (χ1v) is 6.20. The monoisotopic (exact) mass is 263 g/mol. The molecule has 0 radical (unpaired) electrons. The van der Waals surface area contributed by atoms with Crippen LogP contribution in [0.3, 0.4) is 0 Å². The molecule has 0 heterocycles. The molecule has 104 valence electrons. The minimum absolute atomic E-state index is 0.161. The van der Waals surface area contributed by atoms with E-state index in [0.717, 1.165) is 0 Å². The van der Waals surface area contributed by atoms with Crippen LogP contribution in [-0.2, 0) is 4.79 Å². The van der Waals surface area contributed by atoms with Crippen LogP contribution in [0.25, 0.3) is 0 Å². The van der Waals surface area contributed by atoms with Crippen molar-refractivity contribution in [3.63, 3.8) is 0 Å². The SMILES string of the molecule is CCC(C)(N)C(=O)Nc1ccccc1C(=O)N(C)C. The summed E-state index contributed by atoms with van der Waals surface area (Å²) in [5.41, 5.74) is 5.87. The van der Waals surface area contributed by atoms with Crippen LogP contribution in [0.2, 0.25) is 0 Å². The van der Waals surface area contributed by atoms with Crippen molar-refractivity contribution in [2.45, 2.75) is 25.8 Å². The van der Waals surface area contributed by atoms with Crippen molar-refractivity contribution in [3.05, 3.63) is 29.8 Å². The van der Waals surface area contributed by atoms with E-state index in [0.29, 0.717) is 17.7 Å². The molecule has 0 aromatic heterocycles. The molecule has 2 amide bonds. The van der Waals surface area contributed by atoms with Crippen LogP contribution in [0.1, 0.15) is 30.6 Å². The fraction of sp³-hybridized carbons (Fsp3) is 0.429. The Morgan fingerprint density at radius 1 is 1.32 bits per heavy atom. The second kappa shape index (κ2) is 5.84. The normalized spacial score (nSPS) is 13.5. The van der Waals surface area contributed by atoms with Gasteiger partial charge in [0.05, 0.1) is 16.8 Å².